The minimum absolute atomic E-state index is 0.435. The minimum atomic E-state index is 0.435. The van der Waals surface area contributed by atoms with E-state index in [1.54, 1.807) is 0 Å². The molecule has 4 heteroatoms. The van der Waals surface area contributed by atoms with Crippen LogP contribution in [0, 0.1) is 5.92 Å². The summed E-state index contributed by atoms with van der Waals surface area (Å²) in [5.41, 5.74) is 5.40. The highest BCUT2D eigenvalue weighted by molar-refractivity contribution is 7.05. The van der Waals surface area contributed by atoms with Gasteiger partial charge < -0.3 is 5.73 Å². The molecule has 0 aromatic carbocycles. The molecule has 0 spiro atoms. The molecule has 1 fully saturated rings. The second-order valence-electron chi connectivity index (χ2n) is 3.05. The number of nitrogens with two attached hydrogens (primary N) is 1. The number of aromatic nitrogens is 2. The lowest BCUT2D eigenvalue weighted by Crippen LogP contribution is -2.13. The standard InChI is InChI=1S/C7H11N3S/c8-7-9-6(11-10-7)4-5-2-1-3-5/h5H,1-4H2,(H2,8,10). The first kappa shape index (κ1) is 7.03. The summed E-state index contributed by atoms with van der Waals surface area (Å²) in [6.45, 7) is 0. The van der Waals surface area contributed by atoms with Crippen molar-refractivity contribution in [3.05, 3.63) is 5.01 Å². The van der Waals surface area contributed by atoms with Crippen LogP contribution in [0.15, 0.2) is 0 Å². The van der Waals surface area contributed by atoms with Gasteiger partial charge in [-0.2, -0.15) is 4.37 Å². The maximum absolute atomic E-state index is 5.40. The van der Waals surface area contributed by atoms with Crippen molar-refractivity contribution in [3.8, 4) is 0 Å². The minimum Gasteiger partial charge on any atom is -0.367 e. The van der Waals surface area contributed by atoms with E-state index in [0.717, 1.165) is 17.3 Å². The number of hydrogen-bond donors (Lipinski definition) is 1. The van der Waals surface area contributed by atoms with Crippen LogP contribution in [0.3, 0.4) is 0 Å². The predicted octanol–water partition coefficient (Wildman–Crippen LogP) is 1.46. The second-order valence-corrected chi connectivity index (χ2v) is 3.88. The molecule has 0 aliphatic heterocycles. The Kier molecular flexibility index (Phi) is 1.77. The van der Waals surface area contributed by atoms with Crippen molar-refractivity contribution in [1.82, 2.24) is 9.36 Å². The molecule has 1 aliphatic rings. The van der Waals surface area contributed by atoms with Gasteiger partial charge in [0, 0.05) is 6.42 Å². The van der Waals surface area contributed by atoms with E-state index in [2.05, 4.69) is 9.36 Å². The highest BCUT2D eigenvalue weighted by Gasteiger charge is 2.19. The lowest BCUT2D eigenvalue weighted by Gasteiger charge is -2.23. The zero-order chi connectivity index (χ0) is 7.68. The zero-order valence-corrected chi connectivity index (χ0v) is 7.10. The van der Waals surface area contributed by atoms with Crippen molar-refractivity contribution >= 4 is 17.5 Å². The molecule has 0 atom stereocenters. The summed E-state index contributed by atoms with van der Waals surface area (Å²) in [5.74, 6) is 1.30. The number of nitrogen functional groups attached to an aromatic ring is 1. The molecule has 1 aromatic heterocycles. The smallest absolute Gasteiger partial charge is 0.232 e. The fourth-order valence-electron chi connectivity index (χ4n) is 1.29. The number of hydrogen-bond acceptors (Lipinski definition) is 4. The SMILES string of the molecule is Nc1nsc(CC2CCC2)n1. The average molecular weight is 169 g/mol. The van der Waals surface area contributed by atoms with Gasteiger partial charge in [-0.05, 0) is 17.5 Å². The van der Waals surface area contributed by atoms with Crippen molar-refractivity contribution in [1.29, 1.82) is 0 Å². The molecule has 0 amide bonds. The molecule has 0 unspecified atom stereocenters. The normalized spacial score (nSPS) is 18.2. The number of nitrogens with zero attached hydrogens (tertiary/aromatic N) is 2. The van der Waals surface area contributed by atoms with E-state index in [-0.39, 0.29) is 0 Å². The second kappa shape index (κ2) is 2.77. The number of anilines is 1. The molecule has 1 aromatic rings. The Morgan fingerprint density at radius 2 is 2.36 bits per heavy atom. The third kappa shape index (κ3) is 1.50. The van der Waals surface area contributed by atoms with Crippen LogP contribution in [0.5, 0.6) is 0 Å². The van der Waals surface area contributed by atoms with Crippen LogP contribution in [0.1, 0.15) is 24.3 Å². The van der Waals surface area contributed by atoms with Crippen molar-refractivity contribution in [2.45, 2.75) is 25.7 Å². The number of rotatable bonds is 2. The molecule has 60 valence electrons. The maximum atomic E-state index is 5.40. The van der Waals surface area contributed by atoms with Gasteiger partial charge in [0.2, 0.25) is 5.95 Å². The summed E-state index contributed by atoms with van der Waals surface area (Å²) in [5, 5.41) is 1.10. The van der Waals surface area contributed by atoms with E-state index in [1.165, 1.54) is 30.8 Å². The molecular weight excluding hydrogens is 158 g/mol. The van der Waals surface area contributed by atoms with E-state index in [0.29, 0.717) is 5.95 Å². The van der Waals surface area contributed by atoms with Gasteiger partial charge in [-0.3, -0.25) is 0 Å². The van der Waals surface area contributed by atoms with E-state index in [9.17, 15) is 0 Å². The molecule has 2 rings (SSSR count). The van der Waals surface area contributed by atoms with Crippen LogP contribution in [-0.2, 0) is 6.42 Å². The quantitative estimate of drug-likeness (QED) is 0.729. The molecule has 1 saturated carbocycles. The van der Waals surface area contributed by atoms with Gasteiger partial charge in [-0.25, -0.2) is 4.98 Å². The zero-order valence-electron chi connectivity index (χ0n) is 6.29. The van der Waals surface area contributed by atoms with Gasteiger partial charge in [0.15, 0.2) is 0 Å². The Bertz CT molecular complexity index is 242. The van der Waals surface area contributed by atoms with E-state index >= 15 is 0 Å². The topological polar surface area (TPSA) is 51.8 Å². The first-order valence-electron chi connectivity index (χ1n) is 3.92. The van der Waals surface area contributed by atoms with E-state index in [4.69, 9.17) is 5.73 Å². The van der Waals surface area contributed by atoms with Gasteiger partial charge in [-0.1, -0.05) is 19.3 Å². The van der Waals surface area contributed by atoms with Gasteiger partial charge in [0.05, 0.1) is 0 Å². The molecule has 1 aliphatic carbocycles. The van der Waals surface area contributed by atoms with Gasteiger partial charge in [-0.15, -0.1) is 0 Å². The van der Waals surface area contributed by atoms with E-state index in [1.807, 2.05) is 0 Å². The highest BCUT2D eigenvalue weighted by Crippen LogP contribution is 2.30. The van der Waals surface area contributed by atoms with Crippen LogP contribution in [0.4, 0.5) is 5.95 Å². The highest BCUT2D eigenvalue weighted by atomic mass is 32.1. The summed E-state index contributed by atoms with van der Waals surface area (Å²) in [6.07, 6.45) is 5.20. The summed E-state index contributed by atoms with van der Waals surface area (Å²) < 4.78 is 3.94. The Balaban J connectivity index is 1.95. The Labute approximate surface area is 69.8 Å². The molecule has 11 heavy (non-hydrogen) atoms. The van der Waals surface area contributed by atoms with Crippen molar-refractivity contribution in [3.63, 3.8) is 0 Å². The van der Waals surface area contributed by atoms with Crippen LogP contribution in [-0.4, -0.2) is 9.36 Å². The van der Waals surface area contributed by atoms with Crippen LogP contribution < -0.4 is 5.73 Å². The van der Waals surface area contributed by atoms with Crippen LogP contribution >= 0.6 is 11.5 Å². The third-order valence-electron chi connectivity index (χ3n) is 2.17. The lowest BCUT2D eigenvalue weighted by atomic mass is 9.83. The largest absolute Gasteiger partial charge is 0.367 e. The Morgan fingerprint density at radius 1 is 1.55 bits per heavy atom. The van der Waals surface area contributed by atoms with Gasteiger partial charge in [0.25, 0.3) is 0 Å². The maximum Gasteiger partial charge on any atom is 0.232 e. The van der Waals surface area contributed by atoms with Gasteiger partial charge >= 0.3 is 0 Å². The summed E-state index contributed by atoms with van der Waals surface area (Å²) in [6, 6.07) is 0. The molecule has 0 bridgehead atoms. The lowest BCUT2D eigenvalue weighted by molar-refractivity contribution is 0.314. The van der Waals surface area contributed by atoms with Crippen LogP contribution in [0.25, 0.3) is 0 Å². The van der Waals surface area contributed by atoms with Crippen molar-refractivity contribution in [2.75, 3.05) is 5.73 Å². The summed E-state index contributed by atoms with van der Waals surface area (Å²) in [4.78, 5) is 4.12. The molecule has 0 saturated heterocycles. The third-order valence-corrected chi connectivity index (χ3v) is 2.92. The summed E-state index contributed by atoms with van der Waals surface area (Å²) in [7, 11) is 0. The summed E-state index contributed by atoms with van der Waals surface area (Å²) >= 11 is 1.44. The first-order valence-corrected chi connectivity index (χ1v) is 4.70. The average Bonchev–Trinajstić information content (AvgIpc) is 2.27. The molecule has 0 radical (unpaired) electrons. The Morgan fingerprint density at radius 3 is 2.82 bits per heavy atom. The fourth-order valence-corrected chi connectivity index (χ4v) is 1.98. The van der Waals surface area contributed by atoms with Gasteiger partial charge in [0.1, 0.15) is 5.01 Å². The van der Waals surface area contributed by atoms with E-state index < -0.39 is 0 Å². The predicted molar refractivity (Wildman–Crippen MR) is 45.4 cm³/mol. The molecule has 3 nitrogen and oxygen atoms in total. The molecule has 1 heterocycles. The van der Waals surface area contributed by atoms with Crippen molar-refractivity contribution in [2.24, 2.45) is 5.92 Å². The fraction of sp³-hybridized carbons (Fsp3) is 0.714. The molecular formula is C7H11N3S. The monoisotopic (exact) mass is 169 g/mol. The van der Waals surface area contributed by atoms with Crippen LogP contribution in [0.2, 0.25) is 0 Å². The van der Waals surface area contributed by atoms with Crippen molar-refractivity contribution < 1.29 is 0 Å². The molecule has 2 N–H and O–H groups in total. The Hall–Kier alpha value is -0.640. The first-order chi connectivity index (χ1) is 5.34.